The van der Waals surface area contributed by atoms with E-state index in [1.807, 2.05) is 29.2 Å². The molecule has 1 aromatic heterocycles. The number of carbonyl (C=O) groups excluding carboxylic acids is 2. The van der Waals surface area contributed by atoms with Crippen LogP contribution in [0.25, 0.3) is 11.1 Å². The molecule has 174 valence electrons. The summed E-state index contributed by atoms with van der Waals surface area (Å²) in [6.07, 6.45) is 1.89. The number of benzene rings is 2. The third-order valence-corrected chi connectivity index (χ3v) is 7.07. The zero-order chi connectivity index (χ0) is 23.7. The number of piperazine rings is 1. The average molecular weight is 456 g/mol. The van der Waals surface area contributed by atoms with Crippen LogP contribution in [0, 0.1) is 6.92 Å². The number of methoxy groups -OCH3 is 1. The van der Waals surface area contributed by atoms with Crippen LogP contribution in [0.5, 0.6) is 0 Å². The maximum absolute atomic E-state index is 13.0. The minimum Gasteiger partial charge on any atom is -0.383 e. The van der Waals surface area contributed by atoms with Crippen LogP contribution in [0.4, 0.5) is 0 Å². The molecule has 3 heterocycles. The lowest BCUT2D eigenvalue weighted by molar-refractivity contribution is -0.167. The average Bonchev–Trinajstić information content (AvgIpc) is 2.84. The standard InChI is InChI=1S/C28H29N3O3/c1-19-7-3-4-9-23(19)20-10-12-21(13-11-20)28-24-16-30(17-27(33)31(24)25(28)18-34-2)26(32)15-22-8-5-6-14-29-22/h3-14,24-25,28H,15-18H2,1-2H3/t24-,25+,28-/m0/s1. The molecule has 3 atom stereocenters. The Balaban J connectivity index is 1.37. The van der Waals surface area contributed by atoms with Crippen molar-refractivity contribution in [3.8, 4) is 11.1 Å². The summed E-state index contributed by atoms with van der Waals surface area (Å²) in [5, 5.41) is 0. The van der Waals surface area contributed by atoms with Gasteiger partial charge >= 0.3 is 0 Å². The molecular weight excluding hydrogens is 426 g/mol. The molecule has 0 spiro atoms. The van der Waals surface area contributed by atoms with Crippen LogP contribution in [0.2, 0.25) is 0 Å². The maximum atomic E-state index is 13.0. The maximum Gasteiger partial charge on any atom is 0.242 e. The van der Waals surface area contributed by atoms with Crippen LogP contribution >= 0.6 is 0 Å². The number of carbonyl (C=O) groups is 2. The molecule has 2 fully saturated rings. The van der Waals surface area contributed by atoms with Gasteiger partial charge in [0.1, 0.15) is 0 Å². The van der Waals surface area contributed by atoms with Crippen molar-refractivity contribution in [2.24, 2.45) is 0 Å². The Bertz CT molecular complexity index is 1180. The lowest BCUT2D eigenvalue weighted by atomic mass is 9.73. The Labute approximate surface area is 200 Å². The molecule has 34 heavy (non-hydrogen) atoms. The minimum atomic E-state index is -0.0597. The molecule has 2 aliphatic heterocycles. The molecular formula is C28H29N3O3. The molecule has 0 aliphatic carbocycles. The van der Waals surface area contributed by atoms with Gasteiger partial charge in [-0.05, 0) is 41.3 Å². The normalized spacial score (nSPS) is 21.7. The summed E-state index contributed by atoms with van der Waals surface area (Å²) in [5.74, 6) is 0.0521. The Morgan fingerprint density at radius 3 is 2.53 bits per heavy atom. The summed E-state index contributed by atoms with van der Waals surface area (Å²) >= 11 is 0. The highest BCUT2D eigenvalue weighted by Crippen LogP contribution is 2.43. The van der Waals surface area contributed by atoms with Crippen molar-refractivity contribution in [3.63, 3.8) is 0 Å². The van der Waals surface area contributed by atoms with Crippen molar-refractivity contribution in [2.45, 2.75) is 31.3 Å². The van der Waals surface area contributed by atoms with E-state index in [2.05, 4.69) is 54.4 Å². The highest BCUT2D eigenvalue weighted by atomic mass is 16.5. The molecule has 0 bridgehead atoms. The molecule has 5 rings (SSSR count). The highest BCUT2D eigenvalue weighted by Gasteiger charge is 2.54. The number of aromatic nitrogens is 1. The number of ether oxygens (including phenoxy) is 1. The Kier molecular flexibility index (Phi) is 6.16. The fourth-order valence-corrected chi connectivity index (χ4v) is 5.39. The lowest BCUT2D eigenvalue weighted by Gasteiger charge is -2.59. The van der Waals surface area contributed by atoms with Crippen LogP contribution in [-0.2, 0) is 20.7 Å². The molecule has 2 saturated heterocycles. The molecule has 6 heteroatoms. The van der Waals surface area contributed by atoms with Crippen LogP contribution in [0.3, 0.4) is 0 Å². The number of hydrogen-bond acceptors (Lipinski definition) is 4. The molecule has 3 aromatic rings. The molecule has 6 nitrogen and oxygen atoms in total. The molecule has 0 radical (unpaired) electrons. The van der Waals surface area contributed by atoms with Crippen LogP contribution in [0.1, 0.15) is 22.7 Å². The lowest BCUT2D eigenvalue weighted by Crippen LogP contribution is -2.73. The van der Waals surface area contributed by atoms with E-state index < -0.39 is 0 Å². The number of amides is 2. The Morgan fingerprint density at radius 1 is 1.06 bits per heavy atom. The van der Waals surface area contributed by atoms with Crippen molar-refractivity contribution in [1.82, 2.24) is 14.8 Å². The van der Waals surface area contributed by atoms with Gasteiger partial charge in [-0.25, -0.2) is 0 Å². The first kappa shape index (κ1) is 22.3. The van der Waals surface area contributed by atoms with Crippen molar-refractivity contribution < 1.29 is 14.3 Å². The van der Waals surface area contributed by atoms with E-state index in [9.17, 15) is 9.59 Å². The van der Waals surface area contributed by atoms with Gasteiger partial charge in [0.05, 0.1) is 31.7 Å². The predicted molar refractivity (Wildman–Crippen MR) is 130 cm³/mol. The van der Waals surface area contributed by atoms with E-state index in [0.717, 1.165) is 5.69 Å². The first-order valence-corrected chi connectivity index (χ1v) is 11.7. The molecule has 0 N–H and O–H groups in total. The Morgan fingerprint density at radius 2 is 1.82 bits per heavy atom. The van der Waals surface area contributed by atoms with Crippen LogP contribution in [0.15, 0.2) is 72.9 Å². The highest BCUT2D eigenvalue weighted by molar-refractivity contribution is 5.88. The number of pyridine rings is 1. The fourth-order valence-electron chi connectivity index (χ4n) is 5.39. The number of rotatable bonds is 6. The molecule has 2 aromatic carbocycles. The predicted octanol–water partition coefficient (Wildman–Crippen LogP) is 3.45. The quantitative estimate of drug-likeness (QED) is 0.571. The summed E-state index contributed by atoms with van der Waals surface area (Å²) in [6, 6.07) is 22.5. The first-order valence-electron chi connectivity index (χ1n) is 11.7. The SMILES string of the molecule is COC[C@@H]1[C@@H](c2ccc(-c3ccccc3C)cc2)[C@@H]2CN(C(=O)Cc3ccccn3)CC(=O)N12. The summed E-state index contributed by atoms with van der Waals surface area (Å²) in [4.78, 5) is 33.9. The van der Waals surface area contributed by atoms with Gasteiger partial charge in [0.2, 0.25) is 11.8 Å². The van der Waals surface area contributed by atoms with Gasteiger partial charge in [-0.2, -0.15) is 0 Å². The topological polar surface area (TPSA) is 62.7 Å². The van der Waals surface area contributed by atoms with Gasteiger partial charge in [0.15, 0.2) is 0 Å². The van der Waals surface area contributed by atoms with E-state index in [0.29, 0.717) is 13.2 Å². The summed E-state index contributed by atoms with van der Waals surface area (Å²) in [7, 11) is 1.67. The second kappa shape index (κ2) is 9.39. The molecule has 0 unspecified atom stereocenters. The fraction of sp³-hybridized carbons (Fsp3) is 0.321. The first-order chi connectivity index (χ1) is 16.6. The van der Waals surface area contributed by atoms with Crippen molar-refractivity contribution >= 4 is 11.8 Å². The van der Waals surface area contributed by atoms with E-state index in [1.54, 1.807) is 18.2 Å². The number of aryl methyl sites for hydroxylation is 1. The third kappa shape index (κ3) is 4.10. The van der Waals surface area contributed by atoms with E-state index in [4.69, 9.17) is 4.74 Å². The zero-order valence-electron chi connectivity index (χ0n) is 19.6. The zero-order valence-corrected chi connectivity index (χ0v) is 19.6. The third-order valence-electron chi connectivity index (χ3n) is 7.07. The van der Waals surface area contributed by atoms with E-state index in [-0.39, 0.29) is 42.8 Å². The van der Waals surface area contributed by atoms with Gasteiger partial charge in [0.25, 0.3) is 0 Å². The van der Waals surface area contributed by atoms with Crippen LogP contribution < -0.4 is 0 Å². The van der Waals surface area contributed by atoms with Gasteiger partial charge in [0, 0.05) is 31.5 Å². The smallest absolute Gasteiger partial charge is 0.242 e. The van der Waals surface area contributed by atoms with Gasteiger partial charge in [-0.15, -0.1) is 0 Å². The molecule has 2 aliphatic rings. The van der Waals surface area contributed by atoms with Gasteiger partial charge in [-0.1, -0.05) is 54.6 Å². The van der Waals surface area contributed by atoms with E-state index in [1.165, 1.54) is 22.3 Å². The van der Waals surface area contributed by atoms with Crippen molar-refractivity contribution in [2.75, 3.05) is 26.8 Å². The minimum absolute atomic E-state index is 0.0135. The Hall–Kier alpha value is -3.51. The summed E-state index contributed by atoms with van der Waals surface area (Å²) in [5.41, 5.74) is 5.52. The number of hydrogen-bond donors (Lipinski definition) is 0. The second-order valence-electron chi connectivity index (χ2n) is 9.13. The molecule has 2 amide bonds. The number of fused-ring (bicyclic) bond motifs is 1. The second-order valence-corrected chi connectivity index (χ2v) is 9.13. The van der Waals surface area contributed by atoms with Gasteiger partial charge in [-0.3, -0.25) is 14.6 Å². The van der Waals surface area contributed by atoms with E-state index >= 15 is 0 Å². The largest absolute Gasteiger partial charge is 0.383 e. The van der Waals surface area contributed by atoms with Crippen molar-refractivity contribution in [3.05, 3.63) is 89.7 Å². The number of nitrogens with zero attached hydrogens (tertiary/aromatic N) is 3. The van der Waals surface area contributed by atoms with Crippen molar-refractivity contribution in [1.29, 1.82) is 0 Å². The van der Waals surface area contributed by atoms with Crippen LogP contribution in [-0.4, -0.2) is 65.5 Å². The molecule has 0 saturated carbocycles. The summed E-state index contributed by atoms with van der Waals surface area (Å²) < 4.78 is 5.47. The monoisotopic (exact) mass is 455 g/mol. The van der Waals surface area contributed by atoms with Gasteiger partial charge < -0.3 is 14.5 Å². The summed E-state index contributed by atoms with van der Waals surface area (Å²) in [6.45, 7) is 3.24.